The quantitative estimate of drug-likeness (QED) is 0.483. The largest absolute Gasteiger partial charge is 0.467 e. The molecule has 0 aliphatic carbocycles. The summed E-state index contributed by atoms with van der Waals surface area (Å²) < 4.78 is 4.58. The summed E-state index contributed by atoms with van der Waals surface area (Å²) in [6, 6.07) is 6.13. The van der Waals surface area contributed by atoms with Gasteiger partial charge >= 0.3 is 5.97 Å². The molecule has 1 aromatic carbocycles. The SMILES string of the molecule is COC(=O)[C@H](C)NC(=O)c1cccc(C#CCCCC(=O)N(C)C)c1. The fourth-order valence-electron chi connectivity index (χ4n) is 1.97. The average Bonchev–Trinajstić information content (AvgIpc) is 2.60. The first-order valence-electron chi connectivity index (χ1n) is 8.03. The first-order valence-corrected chi connectivity index (χ1v) is 8.03. The summed E-state index contributed by atoms with van der Waals surface area (Å²) in [5, 5.41) is 2.57. The van der Waals surface area contributed by atoms with E-state index in [4.69, 9.17) is 0 Å². The number of nitrogens with one attached hydrogen (secondary N) is 1. The number of benzene rings is 1. The van der Waals surface area contributed by atoms with Crippen molar-refractivity contribution in [1.82, 2.24) is 10.2 Å². The molecule has 1 rings (SSSR count). The van der Waals surface area contributed by atoms with Crippen LogP contribution in [0.15, 0.2) is 24.3 Å². The second-order valence-corrected chi connectivity index (χ2v) is 5.74. The number of esters is 1. The van der Waals surface area contributed by atoms with Crippen molar-refractivity contribution in [2.75, 3.05) is 21.2 Å². The predicted molar refractivity (Wildman–Crippen MR) is 94.8 cm³/mol. The standard InChI is InChI=1S/C19H24N2O4/c1-14(19(24)25-4)20-18(23)16-11-8-10-15(13-16)9-6-5-7-12-17(22)21(2)3/h8,10-11,13-14H,5,7,12H2,1-4H3,(H,20,23)/t14-/m0/s1. The van der Waals surface area contributed by atoms with Crippen LogP contribution in [0.5, 0.6) is 0 Å². The van der Waals surface area contributed by atoms with Gasteiger partial charge in [-0.3, -0.25) is 9.59 Å². The maximum absolute atomic E-state index is 12.1. The Balaban J connectivity index is 2.61. The van der Waals surface area contributed by atoms with Crippen LogP contribution in [-0.4, -0.2) is 49.9 Å². The molecule has 0 aliphatic rings. The lowest BCUT2D eigenvalue weighted by Gasteiger charge is -2.11. The number of hydrogen-bond acceptors (Lipinski definition) is 4. The molecular formula is C19H24N2O4. The third-order valence-electron chi connectivity index (χ3n) is 3.45. The van der Waals surface area contributed by atoms with Crippen molar-refractivity contribution in [2.24, 2.45) is 0 Å². The van der Waals surface area contributed by atoms with Crippen LogP contribution in [0.3, 0.4) is 0 Å². The molecule has 0 saturated heterocycles. The van der Waals surface area contributed by atoms with E-state index in [2.05, 4.69) is 21.9 Å². The summed E-state index contributed by atoms with van der Waals surface area (Å²) in [5.74, 6) is 5.20. The lowest BCUT2D eigenvalue weighted by Crippen LogP contribution is -2.39. The Labute approximate surface area is 148 Å². The van der Waals surface area contributed by atoms with Crippen molar-refractivity contribution in [2.45, 2.75) is 32.2 Å². The average molecular weight is 344 g/mol. The highest BCUT2D eigenvalue weighted by Gasteiger charge is 2.16. The number of amides is 2. The minimum absolute atomic E-state index is 0.0835. The zero-order valence-corrected chi connectivity index (χ0v) is 15.1. The van der Waals surface area contributed by atoms with Crippen molar-refractivity contribution >= 4 is 17.8 Å². The Kier molecular flexibility index (Phi) is 8.21. The van der Waals surface area contributed by atoms with E-state index in [-0.39, 0.29) is 11.8 Å². The number of carbonyl (C=O) groups excluding carboxylic acids is 3. The van der Waals surface area contributed by atoms with E-state index in [1.54, 1.807) is 50.2 Å². The van der Waals surface area contributed by atoms with Crippen LogP contribution in [0.1, 0.15) is 42.1 Å². The molecule has 1 aromatic rings. The summed E-state index contributed by atoms with van der Waals surface area (Å²) >= 11 is 0. The maximum Gasteiger partial charge on any atom is 0.328 e. The van der Waals surface area contributed by atoms with Crippen LogP contribution in [0, 0.1) is 11.8 Å². The summed E-state index contributed by atoms with van der Waals surface area (Å²) in [6.45, 7) is 1.56. The highest BCUT2D eigenvalue weighted by Crippen LogP contribution is 2.05. The third kappa shape index (κ3) is 7.08. The lowest BCUT2D eigenvalue weighted by atomic mass is 10.1. The number of unbranched alkanes of at least 4 members (excludes halogenated alkanes) is 1. The highest BCUT2D eigenvalue weighted by molar-refractivity contribution is 5.96. The first-order chi connectivity index (χ1) is 11.8. The van der Waals surface area contributed by atoms with Gasteiger partial charge in [0.15, 0.2) is 0 Å². The van der Waals surface area contributed by atoms with Crippen molar-refractivity contribution in [3.8, 4) is 11.8 Å². The minimum Gasteiger partial charge on any atom is -0.467 e. The molecule has 0 radical (unpaired) electrons. The molecule has 0 heterocycles. The van der Waals surface area contributed by atoms with Crippen molar-refractivity contribution in [3.05, 3.63) is 35.4 Å². The molecule has 134 valence electrons. The Morgan fingerprint density at radius 3 is 2.64 bits per heavy atom. The fraction of sp³-hybridized carbons (Fsp3) is 0.421. The molecule has 25 heavy (non-hydrogen) atoms. The summed E-state index contributed by atoms with van der Waals surface area (Å²) in [5.41, 5.74) is 1.13. The lowest BCUT2D eigenvalue weighted by molar-refractivity contribution is -0.142. The van der Waals surface area contributed by atoms with Gasteiger partial charge < -0.3 is 15.0 Å². The van der Waals surface area contributed by atoms with Gasteiger partial charge in [0, 0.05) is 38.1 Å². The molecule has 6 heteroatoms. The minimum atomic E-state index is -0.721. The van der Waals surface area contributed by atoms with Crippen molar-refractivity contribution < 1.29 is 19.1 Å². The topological polar surface area (TPSA) is 75.7 Å². The van der Waals surface area contributed by atoms with Crippen LogP contribution in [0.25, 0.3) is 0 Å². The van der Waals surface area contributed by atoms with Crippen molar-refractivity contribution in [1.29, 1.82) is 0 Å². The maximum atomic E-state index is 12.1. The first kappa shape index (κ1) is 20.2. The molecule has 0 aliphatic heterocycles. The van der Waals surface area contributed by atoms with Gasteiger partial charge in [-0.1, -0.05) is 17.9 Å². The molecule has 2 amide bonds. The zero-order valence-electron chi connectivity index (χ0n) is 15.1. The summed E-state index contributed by atoms with van der Waals surface area (Å²) in [6.07, 6.45) is 1.77. The van der Waals surface area contributed by atoms with E-state index in [0.29, 0.717) is 30.4 Å². The highest BCUT2D eigenvalue weighted by atomic mass is 16.5. The zero-order chi connectivity index (χ0) is 18.8. The van der Waals surface area contributed by atoms with Gasteiger partial charge in [-0.15, -0.1) is 0 Å². The molecule has 1 N–H and O–H groups in total. The number of rotatable bonds is 6. The second kappa shape index (κ2) is 10.1. The molecule has 0 bridgehead atoms. The number of ether oxygens (including phenoxy) is 1. The van der Waals surface area contributed by atoms with Crippen LogP contribution in [0.2, 0.25) is 0 Å². The van der Waals surface area contributed by atoms with E-state index in [0.717, 1.165) is 0 Å². The summed E-state index contributed by atoms with van der Waals surface area (Å²) in [7, 11) is 4.73. The molecule has 0 unspecified atom stereocenters. The normalized spacial score (nSPS) is 10.9. The second-order valence-electron chi connectivity index (χ2n) is 5.74. The summed E-state index contributed by atoms with van der Waals surface area (Å²) in [4.78, 5) is 36.5. The number of methoxy groups -OCH3 is 1. The number of nitrogens with zero attached hydrogens (tertiary/aromatic N) is 1. The molecular weight excluding hydrogens is 320 g/mol. The van der Waals surface area contributed by atoms with Crippen molar-refractivity contribution in [3.63, 3.8) is 0 Å². The van der Waals surface area contributed by atoms with Gasteiger partial charge in [-0.25, -0.2) is 4.79 Å². The molecule has 0 spiro atoms. The van der Waals surface area contributed by atoms with Crippen LogP contribution in [-0.2, 0) is 14.3 Å². The van der Waals surface area contributed by atoms with Gasteiger partial charge in [-0.2, -0.15) is 0 Å². The molecule has 6 nitrogen and oxygen atoms in total. The van der Waals surface area contributed by atoms with Gasteiger partial charge in [0.25, 0.3) is 5.91 Å². The fourth-order valence-corrected chi connectivity index (χ4v) is 1.97. The van der Waals surface area contributed by atoms with Crippen LogP contribution >= 0.6 is 0 Å². The van der Waals surface area contributed by atoms with E-state index in [1.807, 2.05) is 0 Å². The van der Waals surface area contributed by atoms with E-state index in [9.17, 15) is 14.4 Å². The van der Waals surface area contributed by atoms with E-state index >= 15 is 0 Å². The van der Waals surface area contributed by atoms with Crippen LogP contribution in [0.4, 0.5) is 0 Å². The number of hydrogen-bond donors (Lipinski definition) is 1. The van der Waals surface area contributed by atoms with Gasteiger partial charge in [-0.05, 0) is 31.5 Å². The Morgan fingerprint density at radius 2 is 2.00 bits per heavy atom. The number of carbonyl (C=O) groups is 3. The molecule has 0 aromatic heterocycles. The Morgan fingerprint density at radius 1 is 1.28 bits per heavy atom. The van der Waals surface area contributed by atoms with Gasteiger partial charge in [0.2, 0.25) is 5.91 Å². The molecule has 1 atom stereocenters. The third-order valence-corrected chi connectivity index (χ3v) is 3.45. The van der Waals surface area contributed by atoms with Crippen LogP contribution < -0.4 is 5.32 Å². The predicted octanol–water partition coefficient (Wildman–Crippen LogP) is 1.59. The van der Waals surface area contributed by atoms with E-state index < -0.39 is 12.0 Å². The molecule has 0 fully saturated rings. The Hall–Kier alpha value is -2.81. The smallest absolute Gasteiger partial charge is 0.328 e. The van der Waals surface area contributed by atoms with Gasteiger partial charge in [0.1, 0.15) is 6.04 Å². The van der Waals surface area contributed by atoms with E-state index in [1.165, 1.54) is 7.11 Å². The monoisotopic (exact) mass is 344 g/mol. The Bertz CT molecular complexity index is 686. The van der Waals surface area contributed by atoms with Gasteiger partial charge in [0.05, 0.1) is 7.11 Å². The molecule has 0 saturated carbocycles.